The molecule has 15 nitrogen and oxygen atoms in total. The first-order valence-electron chi connectivity index (χ1n) is 19.9. The van der Waals surface area contributed by atoms with Crippen LogP contribution in [0.1, 0.15) is 125 Å². The predicted octanol–water partition coefficient (Wildman–Crippen LogP) is 6.23. The summed E-state index contributed by atoms with van der Waals surface area (Å²) in [6.07, 6.45) is 0.862. The van der Waals surface area contributed by atoms with E-state index in [0.29, 0.717) is 0 Å². The number of carboxylic acids is 3. The van der Waals surface area contributed by atoms with Crippen LogP contribution < -0.4 is 0 Å². The second-order valence-electron chi connectivity index (χ2n) is 16.8. The molecule has 18 heteroatoms. The predicted molar refractivity (Wildman–Crippen MR) is 228 cm³/mol. The number of aromatic carboxylic acids is 3. The zero-order valence-electron chi connectivity index (χ0n) is 35.0. The molecule has 1 heterocycles. The summed E-state index contributed by atoms with van der Waals surface area (Å²) >= 11 is 0. The second-order valence-corrected chi connectivity index (χ2v) is 23.1. The normalized spacial score (nSPS) is 15.6. The summed E-state index contributed by atoms with van der Waals surface area (Å²) in [5.41, 5.74) is 0.699. The first-order valence-corrected chi connectivity index (χ1v) is 24.7. The van der Waals surface area contributed by atoms with Gasteiger partial charge in [-0.05, 0) is 107 Å². The Labute approximate surface area is 354 Å². The minimum atomic E-state index is -4.10. The van der Waals surface area contributed by atoms with Gasteiger partial charge in [-0.25, -0.2) is 39.6 Å². The zero-order valence-corrected chi connectivity index (χ0v) is 37.4. The number of nitrogens with zero attached hydrogens (tertiary/aromatic N) is 3. The van der Waals surface area contributed by atoms with Gasteiger partial charge in [-0.3, -0.25) is 0 Å². The molecule has 0 atom stereocenters. The highest BCUT2D eigenvalue weighted by Crippen LogP contribution is 2.27. The van der Waals surface area contributed by atoms with Crippen LogP contribution in [0.15, 0.2) is 54.6 Å². The standard InChI is InChI=1S/C42H57N3O12S3/c1-28(2)7-10-58(52,53)43-22-31-13-33(18-37(16-31)40(46)47)24-44(59(54,55)11-8-29(3)4)26-35-15-36(21-39(20-35)42(50)51)27-45(60(56,57)12-9-30(5)6)25-34-14-32(23-43)17-38(19-34)41(48)49/h13-21,28-30H,7-12,22-27H2,1-6H3,(H,46,47)(H,48,49)(H,50,51). The molecular formula is C42H57N3O12S3. The number of carbonyl (C=O) groups is 3. The Kier molecular flexibility index (Phi) is 16.2. The average molecular weight is 892 g/mol. The number of hydrogen-bond donors (Lipinski definition) is 3. The van der Waals surface area contributed by atoms with E-state index in [1.54, 1.807) is 0 Å². The molecule has 0 aromatic heterocycles. The summed E-state index contributed by atoms with van der Waals surface area (Å²) in [5, 5.41) is 30.5. The molecule has 6 bridgehead atoms. The fourth-order valence-electron chi connectivity index (χ4n) is 6.73. The Hall–Kier alpha value is -4.20. The first kappa shape index (κ1) is 48.5. The molecule has 1 aliphatic rings. The van der Waals surface area contributed by atoms with Gasteiger partial charge in [0.2, 0.25) is 30.1 Å². The Balaban J connectivity index is 2.05. The van der Waals surface area contributed by atoms with Crippen LogP contribution in [0.4, 0.5) is 0 Å². The topological polar surface area (TPSA) is 224 Å². The van der Waals surface area contributed by atoms with Crippen LogP contribution in [0.3, 0.4) is 0 Å². The van der Waals surface area contributed by atoms with Crippen molar-refractivity contribution in [3.8, 4) is 0 Å². The van der Waals surface area contributed by atoms with Gasteiger partial charge >= 0.3 is 17.9 Å². The average Bonchev–Trinajstić information content (AvgIpc) is 3.14. The summed E-state index contributed by atoms with van der Waals surface area (Å²) in [7, 11) is -12.3. The van der Waals surface area contributed by atoms with Gasteiger partial charge in [0.1, 0.15) is 0 Å². The van der Waals surface area contributed by atoms with Crippen LogP contribution in [0.2, 0.25) is 0 Å². The molecule has 0 amide bonds. The van der Waals surface area contributed by atoms with E-state index >= 15 is 0 Å². The maximum atomic E-state index is 14.1. The lowest BCUT2D eigenvalue weighted by Crippen LogP contribution is -2.34. The number of fused-ring (bicyclic) bond motifs is 6. The smallest absolute Gasteiger partial charge is 0.335 e. The third kappa shape index (κ3) is 13.9. The van der Waals surface area contributed by atoms with Gasteiger partial charge in [-0.15, -0.1) is 0 Å². The summed E-state index contributed by atoms with van der Waals surface area (Å²) in [4.78, 5) is 37.4. The molecular weight excluding hydrogens is 835 g/mol. The van der Waals surface area contributed by atoms with E-state index in [1.165, 1.54) is 54.6 Å². The Morgan fingerprint density at radius 1 is 0.417 bits per heavy atom. The molecule has 0 fully saturated rings. The Morgan fingerprint density at radius 3 is 0.750 bits per heavy atom. The summed E-state index contributed by atoms with van der Waals surface area (Å²) in [6, 6.07) is 12.4. The Bertz CT molecular complexity index is 2060. The van der Waals surface area contributed by atoms with Gasteiger partial charge in [-0.2, -0.15) is 12.9 Å². The number of benzene rings is 3. The van der Waals surface area contributed by atoms with Gasteiger partial charge in [0.05, 0.1) is 33.9 Å². The highest BCUT2D eigenvalue weighted by Gasteiger charge is 2.29. The largest absolute Gasteiger partial charge is 0.478 e. The maximum Gasteiger partial charge on any atom is 0.335 e. The van der Waals surface area contributed by atoms with Crippen molar-refractivity contribution in [1.29, 1.82) is 0 Å². The monoisotopic (exact) mass is 891 g/mol. The van der Waals surface area contributed by atoms with E-state index in [4.69, 9.17) is 0 Å². The minimum absolute atomic E-state index is 0.00228. The molecule has 0 saturated carbocycles. The van der Waals surface area contributed by atoms with Crippen molar-refractivity contribution in [3.63, 3.8) is 0 Å². The summed E-state index contributed by atoms with van der Waals surface area (Å²) in [5.74, 6) is -4.84. The molecule has 60 heavy (non-hydrogen) atoms. The number of sulfonamides is 3. The third-order valence-corrected chi connectivity index (χ3v) is 15.5. The van der Waals surface area contributed by atoms with Crippen LogP contribution in [0, 0.1) is 17.8 Å². The summed E-state index contributed by atoms with van der Waals surface area (Å²) < 4.78 is 88.0. The molecule has 0 aliphatic carbocycles. The van der Waals surface area contributed by atoms with E-state index < -0.39 is 48.0 Å². The lowest BCUT2D eigenvalue weighted by atomic mass is 10.0. The van der Waals surface area contributed by atoms with Gasteiger partial charge < -0.3 is 15.3 Å². The molecule has 3 N–H and O–H groups in total. The van der Waals surface area contributed by atoms with Crippen molar-refractivity contribution < 1.29 is 55.0 Å². The van der Waals surface area contributed by atoms with Crippen molar-refractivity contribution in [1.82, 2.24) is 12.9 Å². The Morgan fingerprint density at radius 2 is 0.600 bits per heavy atom. The van der Waals surface area contributed by atoms with E-state index in [2.05, 4.69) is 0 Å². The van der Waals surface area contributed by atoms with Gasteiger partial charge in [0.25, 0.3) is 0 Å². The van der Waals surface area contributed by atoms with Crippen molar-refractivity contribution in [3.05, 3.63) is 105 Å². The van der Waals surface area contributed by atoms with Crippen LogP contribution in [0.25, 0.3) is 0 Å². The fourth-order valence-corrected chi connectivity index (χ4v) is 11.9. The van der Waals surface area contributed by atoms with Crippen LogP contribution in [0.5, 0.6) is 0 Å². The van der Waals surface area contributed by atoms with Crippen molar-refractivity contribution in [2.75, 3.05) is 17.3 Å². The number of rotatable bonds is 15. The highest BCUT2D eigenvalue weighted by molar-refractivity contribution is 7.89. The molecule has 0 radical (unpaired) electrons. The molecule has 0 spiro atoms. The lowest BCUT2D eigenvalue weighted by molar-refractivity contribution is 0.0686. The first-order chi connectivity index (χ1) is 27.8. The van der Waals surface area contributed by atoms with Crippen molar-refractivity contribution in [2.45, 2.75) is 100 Å². The zero-order chi connectivity index (χ0) is 44.7. The van der Waals surface area contributed by atoms with Gasteiger partial charge in [0, 0.05) is 39.3 Å². The van der Waals surface area contributed by atoms with Crippen LogP contribution in [-0.2, 0) is 69.3 Å². The van der Waals surface area contributed by atoms with Crippen molar-refractivity contribution >= 4 is 48.0 Å². The van der Waals surface area contributed by atoms with Crippen LogP contribution in [-0.4, -0.2) is 88.7 Å². The van der Waals surface area contributed by atoms with E-state index in [0.717, 1.165) is 12.9 Å². The maximum absolute atomic E-state index is 14.1. The summed E-state index contributed by atoms with van der Waals surface area (Å²) in [6.45, 7) is 9.01. The molecule has 330 valence electrons. The van der Waals surface area contributed by atoms with E-state index in [1.807, 2.05) is 41.5 Å². The molecule has 4 rings (SSSR count). The molecule has 3 aromatic rings. The molecule has 1 aliphatic heterocycles. The van der Waals surface area contributed by atoms with Gasteiger partial charge in [-0.1, -0.05) is 59.7 Å². The molecule has 0 saturated heterocycles. The van der Waals surface area contributed by atoms with Crippen molar-refractivity contribution in [2.24, 2.45) is 17.8 Å². The second kappa shape index (κ2) is 20.1. The van der Waals surface area contributed by atoms with Crippen LogP contribution >= 0.6 is 0 Å². The fraction of sp³-hybridized carbons (Fsp3) is 0.500. The van der Waals surface area contributed by atoms with E-state index in [-0.39, 0.29) is 144 Å². The minimum Gasteiger partial charge on any atom is -0.478 e. The number of carboxylic acid groups (broad SMARTS) is 3. The molecule has 3 aromatic carbocycles. The van der Waals surface area contributed by atoms with E-state index in [9.17, 15) is 55.0 Å². The third-order valence-electron chi connectivity index (χ3n) is 10.1. The lowest BCUT2D eigenvalue weighted by Gasteiger charge is -2.27. The SMILES string of the molecule is CC(C)CCS(=O)(=O)N1Cc2cc(cc(C(=O)O)c2)CN(S(=O)(=O)CCC(C)C)Cc2cc(cc(C(=O)O)c2)CN(S(=O)(=O)CCC(C)C)Cc2cc(cc(C(=O)O)c2)C1. The highest BCUT2D eigenvalue weighted by atomic mass is 32.2. The molecule has 0 unspecified atom stereocenters. The number of hydrogen-bond acceptors (Lipinski definition) is 9. The van der Waals surface area contributed by atoms with Gasteiger partial charge in [0.15, 0.2) is 0 Å². The quantitative estimate of drug-likeness (QED) is 0.155.